The van der Waals surface area contributed by atoms with Crippen molar-refractivity contribution in [2.24, 2.45) is 0 Å². The zero-order valence-electron chi connectivity index (χ0n) is 30.9. The fourth-order valence-corrected chi connectivity index (χ4v) is 6.55. The minimum atomic E-state index is 0.0414. The first-order valence-electron chi connectivity index (χ1n) is 17.8. The Kier molecular flexibility index (Phi) is 14.1. The number of aromatic nitrogens is 1. The average Bonchev–Trinajstić information content (AvgIpc) is 3.15. The molecule has 0 radical (unpaired) electrons. The Morgan fingerprint density at radius 2 is 1.53 bits per heavy atom. The SMILES string of the molecule is Cc1c(COc2cc(OCc3cncc(C#N)c3)c(CCCCO)cc2Cl)cccc1-c1cccc(-c2ccc(CN(C)C)c(C#CCCO)c2)c1C. The van der Waals surface area contributed by atoms with Gasteiger partial charge in [-0.15, -0.1) is 0 Å². The predicted octanol–water partition coefficient (Wildman–Crippen LogP) is 8.83. The Labute approximate surface area is 318 Å². The summed E-state index contributed by atoms with van der Waals surface area (Å²) in [7, 11) is 4.09. The summed E-state index contributed by atoms with van der Waals surface area (Å²) < 4.78 is 12.6. The van der Waals surface area contributed by atoms with Gasteiger partial charge in [0.25, 0.3) is 0 Å². The second-order valence-electron chi connectivity index (χ2n) is 13.3. The van der Waals surface area contributed by atoms with Crippen molar-refractivity contribution < 1.29 is 19.7 Å². The lowest BCUT2D eigenvalue weighted by Gasteiger charge is -2.18. The normalized spacial score (nSPS) is 10.8. The van der Waals surface area contributed by atoms with Crippen molar-refractivity contribution in [3.8, 4) is 51.7 Å². The Hall–Kier alpha value is -5.15. The second-order valence-corrected chi connectivity index (χ2v) is 13.7. The molecule has 1 heterocycles. The number of unbranched alkanes of at least 4 members (excludes halogenated alkanes) is 1. The van der Waals surface area contributed by atoms with E-state index in [9.17, 15) is 15.5 Å². The van der Waals surface area contributed by atoms with E-state index in [0.717, 1.165) is 68.6 Å². The zero-order valence-corrected chi connectivity index (χ0v) is 31.6. The molecule has 0 atom stereocenters. The number of aryl methyl sites for hydroxylation is 1. The lowest BCUT2D eigenvalue weighted by atomic mass is 9.88. The second kappa shape index (κ2) is 19.1. The number of nitriles is 1. The van der Waals surface area contributed by atoms with Gasteiger partial charge in [-0.3, -0.25) is 4.98 Å². The molecule has 0 unspecified atom stereocenters. The first-order chi connectivity index (χ1) is 25.7. The molecule has 4 aromatic carbocycles. The maximum absolute atomic E-state index is 9.34. The van der Waals surface area contributed by atoms with Gasteiger partial charge in [-0.1, -0.05) is 72.0 Å². The third kappa shape index (κ3) is 10.3. The minimum Gasteiger partial charge on any atom is -0.488 e. The van der Waals surface area contributed by atoms with Crippen LogP contribution in [-0.2, 0) is 26.2 Å². The monoisotopic (exact) mass is 727 g/mol. The van der Waals surface area contributed by atoms with Gasteiger partial charge in [0.2, 0.25) is 0 Å². The van der Waals surface area contributed by atoms with Crippen LogP contribution in [0, 0.1) is 37.0 Å². The van der Waals surface area contributed by atoms with Gasteiger partial charge in [0.15, 0.2) is 0 Å². The van der Waals surface area contributed by atoms with Crippen LogP contribution in [0.2, 0.25) is 5.02 Å². The summed E-state index contributed by atoms with van der Waals surface area (Å²) in [6.07, 6.45) is 5.78. The zero-order chi connectivity index (χ0) is 37.7. The van der Waals surface area contributed by atoms with E-state index in [1.165, 1.54) is 11.8 Å². The topological polar surface area (TPSA) is 98.8 Å². The number of aliphatic hydroxyl groups is 2. The van der Waals surface area contributed by atoms with Crippen molar-refractivity contribution in [1.29, 1.82) is 5.26 Å². The predicted molar refractivity (Wildman–Crippen MR) is 212 cm³/mol. The van der Waals surface area contributed by atoms with Gasteiger partial charge in [0.05, 0.1) is 17.2 Å². The van der Waals surface area contributed by atoms with E-state index < -0.39 is 0 Å². The number of pyridine rings is 1. The van der Waals surface area contributed by atoms with Crippen LogP contribution in [0.3, 0.4) is 0 Å². The summed E-state index contributed by atoms with van der Waals surface area (Å²) in [5, 5.41) is 28.4. The molecule has 0 saturated carbocycles. The van der Waals surface area contributed by atoms with Gasteiger partial charge in [-0.05, 0) is 115 Å². The molecule has 7 nitrogen and oxygen atoms in total. The van der Waals surface area contributed by atoms with Crippen LogP contribution in [0.4, 0.5) is 0 Å². The van der Waals surface area contributed by atoms with Crippen molar-refractivity contribution >= 4 is 11.6 Å². The van der Waals surface area contributed by atoms with Crippen molar-refractivity contribution in [3.05, 3.63) is 135 Å². The summed E-state index contributed by atoms with van der Waals surface area (Å²) in [4.78, 5) is 6.28. The molecule has 0 amide bonds. The molecule has 0 aliphatic heterocycles. The summed E-state index contributed by atoms with van der Waals surface area (Å²) >= 11 is 6.78. The van der Waals surface area contributed by atoms with E-state index >= 15 is 0 Å². The lowest BCUT2D eigenvalue weighted by molar-refractivity contribution is 0.280. The summed E-state index contributed by atoms with van der Waals surface area (Å²) in [6.45, 7) is 5.75. The molecule has 0 aliphatic carbocycles. The van der Waals surface area contributed by atoms with Crippen LogP contribution in [0.25, 0.3) is 22.3 Å². The summed E-state index contributed by atoms with van der Waals surface area (Å²) in [5.41, 5.74) is 12.1. The van der Waals surface area contributed by atoms with Gasteiger partial charge in [-0.25, -0.2) is 0 Å². The smallest absolute Gasteiger partial charge is 0.142 e. The molecule has 0 spiro atoms. The maximum Gasteiger partial charge on any atom is 0.142 e. The standard InChI is InChI=1S/C45H46ClN3O4/c1-31-39(30-53-45-24-44(37(23-43(45)46)12-6-8-20-51)52-29-34-21-33(25-47)26-48-27-34)13-9-15-41(31)42-16-10-14-40(32(42)2)36-17-18-38(28-49(3)4)35(22-36)11-5-7-19-50/h9-10,13-18,21-24,26-27,50-51H,6-8,12,19-20,28-30H2,1-4H3. The van der Waals surface area contributed by atoms with Crippen molar-refractivity contribution in [2.45, 2.75) is 59.3 Å². The quantitative estimate of drug-likeness (QED) is 0.0822. The Balaban J connectivity index is 1.41. The fraction of sp³-hybridized carbons (Fsp3) is 0.289. The van der Waals surface area contributed by atoms with Crippen molar-refractivity contribution in [1.82, 2.24) is 9.88 Å². The molecule has 53 heavy (non-hydrogen) atoms. The molecule has 1 aromatic heterocycles. The molecule has 0 saturated heterocycles. The number of hydrogen-bond acceptors (Lipinski definition) is 7. The molecule has 0 fully saturated rings. The lowest BCUT2D eigenvalue weighted by Crippen LogP contribution is -2.11. The largest absolute Gasteiger partial charge is 0.488 e. The highest BCUT2D eigenvalue weighted by Gasteiger charge is 2.16. The Morgan fingerprint density at radius 1 is 0.774 bits per heavy atom. The number of hydrogen-bond donors (Lipinski definition) is 2. The molecule has 5 rings (SSSR count). The van der Waals surface area contributed by atoms with E-state index in [4.69, 9.17) is 21.1 Å². The summed E-state index contributed by atoms with van der Waals surface area (Å²) in [5.74, 6) is 7.54. The molecule has 272 valence electrons. The van der Waals surface area contributed by atoms with Crippen molar-refractivity contribution in [3.63, 3.8) is 0 Å². The van der Waals surface area contributed by atoms with Gasteiger partial charge in [0, 0.05) is 49.2 Å². The Bertz CT molecular complexity index is 2140. The molecular formula is C45H46ClN3O4. The van der Waals surface area contributed by atoms with E-state index in [1.54, 1.807) is 12.3 Å². The number of ether oxygens (including phenoxy) is 2. The number of nitrogens with zero attached hydrogens (tertiary/aromatic N) is 3. The van der Waals surface area contributed by atoms with Gasteiger partial charge < -0.3 is 24.6 Å². The molecule has 0 aliphatic rings. The molecule has 2 N–H and O–H groups in total. The van der Waals surface area contributed by atoms with Gasteiger partial charge in [0.1, 0.15) is 30.8 Å². The van der Waals surface area contributed by atoms with Gasteiger partial charge >= 0.3 is 0 Å². The van der Waals surface area contributed by atoms with E-state index in [1.807, 2.05) is 26.2 Å². The molecule has 5 aromatic rings. The highest BCUT2D eigenvalue weighted by molar-refractivity contribution is 6.32. The Morgan fingerprint density at radius 3 is 2.28 bits per heavy atom. The molecule has 0 bridgehead atoms. The number of aliphatic hydroxyl groups excluding tert-OH is 2. The van der Waals surface area contributed by atoms with E-state index in [2.05, 4.69) is 96.2 Å². The fourth-order valence-electron chi connectivity index (χ4n) is 6.31. The van der Waals surface area contributed by atoms with Gasteiger partial charge in [-0.2, -0.15) is 5.26 Å². The first-order valence-corrected chi connectivity index (χ1v) is 18.2. The third-order valence-electron chi connectivity index (χ3n) is 9.11. The molecular weight excluding hydrogens is 682 g/mol. The number of rotatable bonds is 15. The van der Waals surface area contributed by atoms with E-state index in [0.29, 0.717) is 48.0 Å². The summed E-state index contributed by atoms with van der Waals surface area (Å²) in [6, 6.07) is 26.7. The first kappa shape index (κ1) is 39.1. The molecule has 8 heteroatoms. The van der Waals surface area contributed by atoms with Crippen LogP contribution in [0.15, 0.2) is 85.2 Å². The van der Waals surface area contributed by atoms with E-state index in [-0.39, 0.29) is 19.8 Å². The third-order valence-corrected chi connectivity index (χ3v) is 9.40. The van der Waals surface area contributed by atoms with Crippen LogP contribution < -0.4 is 9.47 Å². The minimum absolute atomic E-state index is 0.0414. The van der Waals surface area contributed by atoms with Crippen molar-refractivity contribution in [2.75, 3.05) is 27.3 Å². The highest BCUT2D eigenvalue weighted by atomic mass is 35.5. The highest BCUT2D eigenvalue weighted by Crippen LogP contribution is 2.37. The van der Waals surface area contributed by atoms with Crippen LogP contribution in [0.5, 0.6) is 11.5 Å². The van der Waals surface area contributed by atoms with Crippen LogP contribution >= 0.6 is 11.6 Å². The number of benzene rings is 4. The number of halogens is 1. The average molecular weight is 728 g/mol. The van der Waals surface area contributed by atoms with Crippen LogP contribution in [0.1, 0.15) is 63.8 Å². The maximum atomic E-state index is 9.34. The van der Waals surface area contributed by atoms with Crippen LogP contribution in [-0.4, -0.2) is 47.4 Å².